The Hall–Kier alpha value is -2.83. The van der Waals surface area contributed by atoms with Crippen LogP contribution < -0.4 is 15.8 Å². The minimum absolute atomic E-state index is 0.576. The molecule has 0 unspecified atom stereocenters. The Labute approximate surface area is 128 Å². The number of hydrogen-bond donors (Lipinski definition) is 2. The fourth-order valence-electron chi connectivity index (χ4n) is 1.50. The number of hydrogen-bond acceptors (Lipinski definition) is 5. The SMILES string of the molecule is CCOc1ccc(/C=C/C(=O)O[C@H](C)C(=O)NC(N)=O)cc1. The van der Waals surface area contributed by atoms with E-state index in [9.17, 15) is 14.4 Å². The highest BCUT2D eigenvalue weighted by molar-refractivity contribution is 5.97. The molecule has 0 saturated carbocycles. The number of carbonyl (C=O) groups excluding carboxylic acids is 3. The monoisotopic (exact) mass is 306 g/mol. The quantitative estimate of drug-likeness (QED) is 0.607. The van der Waals surface area contributed by atoms with Crippen LogP contribution in [-0.4, -0.2) is 30.6 Å². The van der Waals surface area contributed by atoms with Crippen molar-refractivity contribution in [1.82, 2.24) is 5.32 Å². The van der Waals surface area contributed by atoms with Gasteiger partial charge in [0.25, 0.3) is 5.91 Å². The van der Waals surface area contributed by atoms with E-state index < -0.39 is 24.0 Å². The summed E-state index contributed by atoms with van der Waals surface area (Å²) in [6, 6.07) is 6.10. The van der Waals surface area contributed by atoms with Crippen LogP contribution in [0.5, 0.6) is 5.75 Å². The Bertz CT molecular complexity index is 566. The molecule has 0 heterocycles. The first-order valence-corrected chi connectivity index (χ1v) is 6.64. The van der Waals surface area contributed by atoms with E-state index in [0.29, 0.717) is 6.61 Å². The fraction of sp³-hybridized carbons (Fsp3) is 0.267. The van der Waals surface area contributed by atoms with Gasteiger partial charge in [0, 0.05) is 6.08 Å². The first-order chi connectivity index (χ1) is 10.4. The highest BCUT2D eigenvalue weighted by Crippen LogP contribution is 2.13. The van der Waals surface area contributed by atoms with Crippen molar-refractivity contribution < 1.29 is 23.9 Å². The van der Waals surface area contributed by atoms with Gasteiger partial charge in [0.2, 0.25) is 0 Å². The minimum Gasteiger partial charge on any atom is -0.494 e. The molecule has 1 aromatic carbocycles. The summed E-state index contributed by atoms with van der Waals surface area (Å²) in [7, 11) is 0. The van der Waals surface area contributed by atoms with Gasteiger partial charge in [-0.2, -0.15) is 0 Å². The van der Waals surface area contributed by atoms with E-state index in [4.69, 9.17) is 15.2 Å². The van der Waals surface area contributed by atoms with Crippen molar-refractivity contribution >= 4 is 24.0 Å². The summed E-state index contributed by atoms with van der Waals surface area (Å²) in [5, 5.41) is 1.82. The third kappa shape index (κ3) is 6.08. The van der Waals surface area contributed by atoms with Crippen molar-refractivity contribution in [3.63, 3.8) is 0 Å². The lowest BCUT2D eigenvalue weighted by atomic mass is 10.2. The van der Waals surface area contributed by atoms with Crippen LogP contribution in [0.2, 0.25) is 0 Å². The zero-order chi connectivity index (χ0) is 16.5. The molecule has 0 aliphatic heterocycles. The van der Waals surface area contributed by atoms with E-state index >= 15 is 0 Å². The summed E-state index contributed by atoms with van der Waals surface area (Å²) in [6.07, 6.45) is 1.60. The molecular weight excluding hydrogens is 288 g/mol. The van der Waals surface area contributed by atoms with Gasteiger partial charge >= 0.3 is 12.0 Å². The van der Waals surface area contributed by atoms with E-state index in [-0.39, 0.29) is 0 Å². The predicted octanol–water partition coefficient (Wildman–Crippen LogP) is 1.23. The zero-order valence-electron chi connectivity index (χ0n) is 12.4. The third-order valence-corrected chi connectivity index (χ3v) is 2.51. The number of imide groups is 1. The largest absolute Gasteiger partial charge is 0.494 e. The fourth-order valence-corrected chi connectivity index (χ4v) is 1.50. The van der Waals surface area contributed by atoms with Crippen molar-refractivity contribution in [3.05, 3.63) is 35.9 Å². The molecule has 118 valence electrons. The summed E-state index contributed by atoms with van der Waals surface area (Å²) in [5.74, 6) is -0.754. The number of amides is 3. The van der Waals surface area contributed by atoms with Gasteiger partial charge < -0.3 is 15.2 Å². The smallest absolute Gasteiger partial charge is 0.331 e. The summed E-state index contributed by atoms with van der Waals surface area (Å²) >= 11 is 0. The van der Waals surface area contributed by atoms with E-state index in [2.05, 4.69) is 0 Å². The normalized spacial score (nSPS) is 11.7. The van der Waals surface area contributed by atoms with Crippen molar-refractivity contribution in [2.45, 2.75) is 20.0 Å². The van der Waals surface area contributed by atoms with Crippen LogP contribution in [0.4, 0.5) is 4.79 Å². The highest BCUT2D eigenvalue weighted by atomic mass is 16.5. The lowest BCUT2D eigenvalue weighted by molar-refractivity contribution is -0.149. The van der Waals surface area contributed by atoms with Gasteiger partial charge in [0.05, 0.1) is 6.61 Å². The van der Waals surface area contributed by atoms with E-state index in [0.717, 1.165) is 11.3 Å². The number of esters is 1. The minimum atomic E-state index is -1.12. The molecular formula is C15H18N2O5. The van der Waals surface area contributed by atoms with Crippen LogP contribution in [0.3, 0.4) is 0 Å². The summed E-state index contributed by atoms with van der Waals surface area (Å²) in [4.78, 5) is 33.4. The van der Waals surface area contributed by atoms with Crippen LogP contribution in [0.25, 0.3) is 6.08 Å². The van der Waals surface area contributed by atoms with Crippen molar-refractivity contribution in [2.24, 2.45) is 5.73 Å². The Morgan fingerprint density at radius 3 is 2.45 bits per heavy atom. The van der Waals surface area contributed by atoms with Crippen molar-refractivity contribution in [3.8, 4) is 5.75 Å². The van der Waals surface area contributed by atoms with E-state index in [1.807, 2.05) is 12.2 Å². The number of nitrogens with two attached hydrogens (primary N) is 1. The van der Waals surface area contributed by atoms with Crippen molar-refractivity contribution in [2.75, 3.05) is 6.61 Å². The number of rotatable bonds is 6. The summed E-state index contributed by atoms with van der Waals surface area (Å²) < 4.78 is 10.1. The molecule has 22 heavy (non-hydrogen) atoms. The number of nitrogens with one attached hydrogen (secondary N) is 1. The molecule has 3 amide bonds. The molecule has 0 aliphatic rings. The van der Waals surface area contributed by atoms with Gasteiger partial charge in [-0.25, -0.2) is 9.59 Å². The zero-order valence-corrected chi connectivity index (χ0v) is 12.4. The van der Waals surface area contributed by atoms with Crippen LogP contribution in [0.1, 0.15) is 19.4 Å². The molecule has 0 aliphatic carbocycles. The maximum atomic E-state index is 11.6. The number of benzene rings is 1. The number of urea groups is 1. The Balaban J connectivity index is 2.53. The second-order valence-electron chi connectivity index (χ2n) is 4.27. The first kappa shape index (κ1) is 17.2. The van der Waals surface area contributed by atoms with E-state index in [1.165, 1.54) is 19.1 Å². The van der Waals surface area contributed by atoms with Crippen LogP contribution in [0, 0.1) is 0 Å². The molecule has 1 atom stereocenters. The third-order valence-electron chi connectivity index (χ3n) is 2.51. The Kier molecular flexibility index (Phi) is 6.62. The van der Waals surface area contributed by atoms with Crippen LogP contribution >= 0.6 is 0 Å². The lowest BCUT2D eigenvalue weighted by Crippen LogP contribution is -2.42. The molecule has 0 radical (unpaired) electrons. The standard InChI is InChI=1S/C15H18N2O5/c1-3-21-12-7-4-11(5-8-12)6-9-13(18)22-10(2)14(19)17-15(16)20/h4-10H,3H2,1-2H3,(H3,16,17,19,20)/b9-6+/t10-/m1/s1. The average Bonchev–Trinajstić information content (AvgIpc) is 2.46. The van der Waals surface area contributed by atoms with Gasteiger partial charge in [-0.3, -0.25) is 10.1 Å². The maximum absolute atomic E-state index is 11.6. The van der Waals surface area contributed by atoms with Crippen molar-refractivity contribution in [1.29, 1.82) is 0 Å². The molecule has 3 N–H and O–H groups in total. The lowest BCUT2D eigenvalue weighted by Gasteiger charge is -2.10. The molecule has 0 aromatic heterocycles. The van der Waals surface area contributed by atoms with Crippen LogP contribution in [0.15, 0.2) is 30.3 Å². The van der Waals surface area contributed by atoms with Gasteiger partial charge in [0.1, 0.15) is 5.75 Å². The molecule has 0 bridgehead atoms. The number of ether oxygens (including phenoxy) is 2. The van der Waals surface area contributed by atoms with Gasteiger partial charge in [-0.15, -0.1) is 0 Å². The van der Waals surface area contributed by atoms with Gasteiger partial charge in [-0.05, 0) is 37.6 Å². The Morgan fingerprint density at radius 2 is 1.91 bits per heavy atom. The summed E-state index contributed by atoms with van der Waals surface area (Å²) in [6.45, 7) is 3.80. The molecule has 7 nitrogen and oxygen atoms in total. The molecule has 0 fully saturated rings. The van der Waals surface area contributed by atoms with Crippen LogP contribution in [-0.2, 0) is 14.3 Å². The molecule has 7 heteroatoms. The Morgan fingerprint density at radius 1 is 1.27 bits per heavy atom. The maximum Gasteiger partial charge on any atom is 0.331 e. The molecule has 0 spiro atoms. The molecule has 0 saturated heterocycles. The topological polar surface area (TPSA) is 108 Å². The number of carbonyl (C=O) groups is 3. The molecule has 1 rings (SSSR count). The van der Waals surface area contributed by atoms with Gasteiger partial charge in [-0.1, -0.05) is 12.1 Å². The highest BCUT2D eigenvalue weighted by Gasteiger charge is 2.17. The molecule has 1 aromatic rings. The first-order valence-electron chi connectivity index (χ1n) is 6.64. The van der Waals surface area contributed by atoms with Gasteiger partial charge in [0.15, 0.2) is 6.10 Å². The number of primary amides is 1. The van der Waals surface area contributed by atoms with E-state index in [1.54, 1.807) is 24.3 Å². The second-order valence-corrected chi connectivity index (χ2v) is 4.27. The average molecular weight is 306 g/mol. The second kappa shape index (κ2) is 8.46. The predicted molar refractivity (Wildman–Crippen MR) is 79.9 cm³/mol. The summed E-state index contributed by atoms with van der Waals surface area (Å²) in [5.41, 5.74) is 5.57.